The summed E-state index contributed by atoms with van der Waals surface area (Å²) in [5.41, 5.74) is 2.56. The van der Waals surface area contributed by atoms with Gasteiger partial charge in [0.05, 0.1) is 35.2 Å². The Balaban J connectivity index is 1.37. The van der Waals surface area contributed by atoms with Gasteiger partial charge in [-0.1, -0.05) is 0 Å². The van der Waals surface area contributed by atoms with E-state index in [0.29, 0.717) is 17.4 Å². The number of aromatic nitrogens is 5. The minimum atomic E-state index is -0.573. The maximum Gasteiger partial charge on any atom is 0.258 e. The fraction of sp³-hybridized carbons (Fsp3) is 0.261. The van der Waals surface area contributed by atoms with Crippen LogP contribution in [0.5, 0.6) is 0 Å². The second kappa shape index (κ2) is 8.43. The molecule has 1 aliphatic heterocycles. The second-order valence-corrected chi connectivity index (χ2v) is 8.05. The Hall–Kier alpha value is -3.72. The minimum Gasteiger partial charge on any atom is -0.306 e. The molecule has 0 radical (unpaired) electrons. The first-order valence-corrected chi connectivity index (χ1v) is 10.5. The summed E-state index contributed by atoms with van der Waals surface area (Å²) in [6.45, 7) is 2.14. The van der Waals surface area contributed by atoms with Crippen LogP contribution in [0.15, 0.2) is 55.2 Å². The monoisotopic (exact) mass is 431 g/mol. The first-order chi connectivity index (χ1) is 15.5. The predicted molar refractivity (Wildman–Crippen MR) is 119 cm³/mol. The van der Waals surface area contributed by atoms with Crippen LogP contribution in [0.1, 0.15) is 29.2 Å². The SMILES string of the molecule is CN1CCC(n2cc(-c3ccc4cnc(NC(=O)c5cncc(F)c5)cc4n3)cn2)CC1. The van der Waals surface area contributed by atoms with Gasteiger partial charge in [0.15, 0.2) is 0 Å². The molecule has 1 aliphatic rings. The van der Waals surface area contributed by atoms with Crippen molar-refractivity contribution in [3.63, 3.8) is 0 Å². The first kappa shape index (κ1) is 20.2. The van der Waals surface area contributed by atoms with E-state index in [-0.39, 0.29) is 5.56 Å². The summed E-state index contributed by atoms with van der Waals surface area (Å²) in [5.74, 6) is -0.728. The summed E-state index contributed by atoms with van der Waals surface area (Å²) < 4.78 is 15.4. The van der Waals surface area contributed by atoms with Gasteiger partial charge in [0, 0.05) is 35.6 Å². The highest BCUT2D eigenvalue weighted by Crippen LogP contribution is 2.26. The number of carbonyl (C=O) groups excluding carboxylic acids is 1. The molecule has 5 heterocycles. The Kier molecular flexibility index (Phi) is 5.32. The summed E-state index contributed by atoms with van der Waals surface area (Å²) in [6, 6.07) is 7.12. The molecule has 1 saturated heterocycles. The predicted octanol–water partition coefficient (Wildman–Crippen LogP) is 3.55. The largest absolute Gasteiger partial charge is 0.306 e. The fourth-order valence-corrected chi connectivity index (χ4v) is 3.90. The summed E-state index contributed by atoms with van der Waals surface area (Å²) >= 11 is 0. The second-order valence-electron chi connectivity index (χ2n) is 8.05. The molecule has 4 aromatic heterocycles. The van der Waals surface area contributed by atoms with Gasteiger partial charge >= 0.3 is 0 Å². The molecular formula is C23H22FN7O. The smallest absolute Gasteiger partial charge is 0.258 e. The molecule has 0 bridgehead atoms. The standard InChI is InChI=1S/C23H22FN7O/c1-30-6-4-19(5-7-30)31-14-17(12-27-31)20-3-2-15-11-26-22(9-21(15)28-20)29-23(32)16-8-18(24)13-25-10-16/h2-3,8-14,19H,4-7H2,1H3,(H,26,29,32). The number of fused-ring (bicyclic) bond motifs is 1. The molecule has 1 fully saturated rings. The molecule has 0 aliphatic carbocycles. The Bertz CT molecular complexity index is 1280. The van der Waals surface area contributed by atoms with Gasteiger partial charge in [-0.2, -0.15) is 5.10 Å². The third-order valence-corrected chi connectivity index (χ3v) is 5.74. The maximum atomic E-state index is 13.3. The number of nitrogens with one attached hydrogen (secondary N) is 1. The van der Waals surface area contributed by atoms with Crippen molar-refractivity contribution in [3.05, 3.63) is 66.6 Å². The van der Waals surface area contributed by atoms with E-state index in [2.05, 4.69) is 32.3 Å². The van der Waals surface area contributed by atoms with Crippen LogP contribution in [0, 0.1) is 5.82 Å². The Morgan fingerprint density at radius 1 is 1.12 bits per heavy atom. The lowest BCUT2D eigenvalue weighted by Gasteiger charge is -2.28. The van der Waals surface area contributed by atoms with Crippen LogP contribution in [0.25, 0.3) is 22.2 Å². The van der Waals surface area contributed by atoms with Gasteiger partial charge in [-0.15, -0.1) is 0 Å². The molecule has 1 N–H and O–H groups in total. The number of rotatable bonds is 4. The lowest BCUT2D eigenvalue weighted by atomic mass is 10.1. The van der Waals surface area contributed by atoms with Crippen LogP contribution in [0.2, 0.25) is 0 Å². The Labute approximate surface area is 184 Å². The van der Waals surface area contributed by atoms with Crippen molar-refractivity contribution >= 4 is 22.6 Å². The zero-order chi connectivity index (χ0) is 22.1. The van der Waals surface area contributed by atoms with Gasteiger partial charge < -0.3 is 10.2 Å². The van der Waals surface area contributed by atoms with Crippen molar-refractivity contribution in [1.82, 2.24) is 29.6 Å². The molecule has 1 amide bonds. The number of piperidine rings is 1. The quantitative estimate of drug-likeness (QED) is 0.532. The molecule has 4 aromatic rings. The number of hydrogen-bond donors (Lipinski definition) is 1. The average molecular weight is 431 g/mol. The molecule has 0 atom stereocenters. The lowest BCUT2D eigenvalue weighted by molar-refractivity contribution is 0.102. The van der Waals surface area contributed by atoms with Gasteiger partial charge in [-0.05, 0) is 51.2 Å². The number of carbonyl (C=O) groups is 1. The molecule has 8 nitrogen and oxygen atoms in total. The number of anilines is 1. The summed E-state index contributed by atoms with van der Waals surface area (Å²) in [4.78, 5) is 27.4. The van der Waals surface area contributed by atoms with E-state index >= 15 is 0 Å². The molecule has 162 valence electrons. The van der Waals surface area contributed by atoms with Crippen molar-refractivity contribution in [2.75, 3.05) is 25.5 Å². The highest BCUT2D eigenvalue weighted by Gasteiger charge is 2.19. The average Bonchev–Trinajstić information content (AvgIpc) is 3.29. The van der Waals surface area contributed by atoms with Crippen LogP contribution >= 0.6 is 0 Å². The molecule has 0 spiro atoms. The number of halogens is 1. The molecule has 0 saturated carbocycles. The number of amides is 1. The third-order valence-electron chi connectivity index (χ3n) is 5.74. The van der Waals surface area contributed by atoms with Crippen molar-refractivity contribution in [2.24, 2.45) is 0 Å². The first-order valence-electron chi connectivity index (χ1n) is 10.5. The minimum absolute atomic E-state index is 0.120. The molecule has 9 heteroatoms. The summed E-state index contributed by atoms with van der Waals surface area (Å²) in [6.07, 6.45) is 10.0. The molecule has 5 rings (SSSR count). The molecule has 0 aromatic carbocycles. The highest BCUT2D eigenvalue weighted by molar-refractivity contribution is 6.04. The van der Waals surface area contributed by atoms with E-state index in [1.54, 1.807) is 12.3 Å². The highest BCUT2D eigenvalue weighted by atomic mass is 19.1. The molecular weight excluding hydrogens is 409 g/mol. The van der Waals surface area contributed by atoms with Gasteiger partial charge in [0.2, 0.25) is 0 Å². The van der Waals surface area contributed by atoms with Gasteiger partial charge in [0.25, 0.3) is 5.91 Å². The van der Waals surface area contributed by atoms with Crippen molar-refractivity contribution in [2.45, 2.75) is 18.9 Å². The van der Waals surface area contributed by atoms with E-state index in [0.717, 1.165) is 54.8 Å². The van der Waals surface area contributed by atoms with Crippen molar-refractivity contribution in [3.8, 4) is 11.3 Å². The van der Waals surface area contributed by atoms with Crippen molar-refractivity contribution < 1.29 is 9.18 Å². The van der Waals surface area contributed by atoms with Gasteiger partial charge in [-0.25, -0.2) is 14.4 Å². The summed E-state index contributed by atoms with van der Waals surface area (Å²) in [5, 5.41) is 8.09. The van der Waals surface area contributed by atoms with E-state index < -0.39 is 11.7 Å². The Morgan fingerprint density at radius 3 is 2.78 bits per heavy atom. The van der Waals surface area contributed by atoms with Crippen molar-refractivity contribution in [1.29, 1.82) is 0 Å². The van der Waals surface area contributed by atoms with E-state index in [9.17, 15) is 9.18 Å². The van der Waals surface area contributed by atoms with Gasteiger partial charge in [-0.3, -0.25) is 14.5 Å². The number of nitrogens with zero attached hydrogens (tertiary/aromatic N) is 6. The third kappa shape index (κ3) is 4.19. The van der Waals surface area contributed by atoms with Crippen LogP contribution in [-0.2, 0) is 0 Å². The van der Waals surface area contributed by atoms with Crippen LogP contribution in [-0.4, -0.2) is 55.7 Å². The number of pyridine rings is 3. The van der Waals surface area contributed by atoms with Crippen LogP contribution in [0.4, 0.5) is 10.2 Å². The van der Waals surface area contributed by atoms with E-state index in [1.807, 2.05) is 29.2 Å². The normalized spacial score (nSPS) is 15.2. The number of hydrogen-bond acceptors (Lipinski definition) is 6. The zero-order valence-corrected chi connectivity index (χ0v) is 17.6. The fourth-order valence-electron chi connectivity index (χ4n) is 3.90. The molecule has 32 heavy (non-hydrogen) atoms. The van der Waals surface area contributed by atoms with Gasteiger partial charge in [0.1, 0.15) is 11.6 Å². The van der Waals surface area contributed by atoms with E-state index in [4.69, 9.17) is 4.98 Å². The number of likely N-dealkylation sites (tertiary alicyclic amines) is 1. The van der Waals surface area contributed by atoms with E-state index in [1.165, 1.54) is 6.20 Å². The topological polar surface area (TPSA) is 88.8 Å². The zero-order valence-electron chi connectivity index (χ0n) is 17.6. The van der Waals surface area contributed by atoms with Crippen LogP contribution < -0.4 is 5.32 Å². The Morgan fingerprint density at radius 2 is 1.97 bits per heavy atom. The maximum absolute atomic E-state index is 13.3. The summed E-state index contributed by atoms with van der Waals surface area (Å²) in [7, 11) is 2.14. The lowest BCUT2D eigenvalue weighted by Crippen LogP contribution is -2.31. The van der Waals surface area contributed by atoms with Crippen LogP contribution in [0.3, 0.4) is 0 Å². The molecule has 0 unspecified atom stereocenters.